The van der Waals surface area contributed by atoms with Crippen molar-refractivity contribution in [1.29, 1.82) is 0 Å². The molecule has 118 valence electrons. The largest absolute Gasteiger partial charge is 0.397 e. The van der Waals surface area contributed by atoms with E-state index in [1.165, 1.54) is 4.57 Å². The van der Waals surface area contributed by atoms with Gasteiger partial charge in [0.2, 0.25) is 0 Å². The summed E-state index contributed by atoms with van der Waals surface area (Å²) in [5.74, 6) is 0. The minimum Gasteiger partial charge on any atom is -0.397 e. The number of benzene rings is 1. The van der Waals surface area contributed by atoms with Gasteiger partial charge >= 0.3 is 0 Å². The van der Waals surface area contributed by atoms with Crippen LogP contribution in [0, 0.1) is 6.92 Å². The van der Waals surface area contributed by atoms with E-state index in [0.29, 0.717) is 35.5 Å². The lowest BCUT2D eigenvalue weighted by molar-refractivity contribution is 0.280. The van der Waals surface area contributed by atoms with Crippen molar-refractivity contribution in [2.75, 3.05) is 12.3 Å². The molecule has 0 aliphatic rings. The summed E-state index contributed by atoms with van der Waals surface area (Å²) in [6.07, 6.45) is 2.02. The fourth-order valence-corrected chi connectivity index (χ4v) is 2.57. The number of nitrogen functional groups attached to an aromatic ring is 1. The highest BCUT2D eigenvalue weighted by molar-refractivity contribution is 5.85. The van der Waals surface area contributed by atoms with E-state index in [1.807, 2.05) is 31.2 Å². The van der Waals surface area contributed by atoms with Crippen LogP contribution in [-0.2, 0) is 6.54 Å². The summed E-state index contributed by atoms with van der Waals surface area (Å²) in [5, 5.41) is 9.09. The molecule has 0 saturated heterocycles. The summed E-state index contributed by atoms with van der Waals surface area (Å²) in [6, 6.07) is 9.28. The third kappa shape index (κ3) is 2.80. The smallest absolute Gasteiger partial charge is 0.278 e. The molecule has 6 heteroatoms. The number of nitrogens with zero attached hydrogens (tertiary/aromatic N) is 3. The van der Waals surface area contributed by atoms with E-state index in [1.54, 1.807) is 12.3 Å². The lowest BCUT2D eigenvalue weighted by Crippen LogP contribution is -2.25. The van der Waals surface area contributed by atoms with Crippen molar-refractivity contribution in [2.24, 2.45) is 0 Å². The second-order valence-electron chi connectivity index (χ2n) is 5.44. The van der Waals surface area contributed by atoms with Crippen LogP contribution in [-0.4, -0.2) is 26.2 Å². The third-order valence-corrected chi connectivity index (χ3v) is 3.69. The highest BCUT2D eigenvalue weighted by Gasteiger charge is 2.15. The number of pyridine rings is 1. The molecule has 0 aliphatic heterocycles. The van der Waals surface area contributed by atoms with Gasteiger partial charge in [-0.2, -0.15) is 0 Å². The zero-order chi connectivity index (χ0) is 16.4. The summed E-state index contributed by atoms with van der Waals surface area (Å²) in [6.45, 7) is 2.33. The first kappa shape index (κ1) is 15.2. The zero-order valence-electron chi connectivity index (χ0n) is 12.9. The normalized spacial score (nSPS) is 11.0. The molecular weight excluding hydrogens is 292 g/mol. The summed E-state index contributed by atoms with van der Waals surface area (Å²) < 4.78 is 1.53. The summed E-state index contributed by atoms with van der Waals surface area (Å²) in [5.41, 5.74) is 9.35. The van der Waals surface area contributed by atoms with Gasteiger partial charge in [0.05, 0.1) is 5.69 Å². The van der Waals surface area contributed by atoms with Gasteiger partial charge in [-0.15, -0.1) is 0 Å². The van der Waals surface area contributed by atoms with E-state index in [-0.39, 0.29) is 12.2 Å². The molecule has 3 aromatic rings. The molecule has 0 amide bonds. The molecule has 0 bridgehead atoms. The van der Waals surface area contributed by atoms with Crippen LogP contribution in [0.25, 0.3) is 22.4 Å². The van der Waals surface area contributed by atoms with Crippen molar-refractivity contribution in [3.63, 3.8) is 0 Å². The highest BCUT2D eigenvalue weighted by atomic mass is 16.3. The fraction of sp³-hybridized carbons (Fsp3) is 0.235. The molecule has 0 atom stereocenters. The molecule has 0 saturated carbocycles. The number of rotatable bonds is 4. The minimum atomic E-state index is -0.227. The van der Waals surface area contributed by atoms with Crippen LogP contribution in [0.4, 0.5) is 5.69 Å². The molecule has 1 aromatic carbocycles. The molecule has 3 N–H and O–H groups in total. The van der Waals surface area contributed by atoms with Crippen molar-refractivity contribution < 1.29 is 5.11 Å². The van der Waals surface area contributed by atoms with Gasteiger partial charge in [0.15, 0.2) is 5.65 Å². The van der Waals surface area contributed by atoms with Crippen LogP contribution in [0.15, 0.2) is 41.3 Å². The number of hydrogen-bond acceptors (Lipinski definition) is 5. The Labute approximate surface area is 133 Å². The molecule has 6 nitrogen and oxygen atoms in total. The average Bonchev–Trinajstić information content (AvgIpc) is 2.54. The Bertz CT molecular complexity index is 918. The maximum absolute atomic E-state index is 12.8. The zero-order valence-corrected chi connectivity index (χ0v) is 12.9. The number of aliphatic hydroxyl groups is 1. The number of nitrogens with two attached hydrogens (primary N) is 1. The predicted molar refractivity (Wildman–Crippen MR) is 90.1 cm³/mol. The van der Waals surface area contributed by atoms with E-state index >= 15 is 0 Å². The monoisotopic (exact) mass is 310 g/mol. The van der Waals surface area contributed by atoms with Gasteiger partial charge < -0.3 is 10.8 Å². The second-order valence-corrected chi connectivity index (χ2v) is 5.44. The maximum atomic E-state index is 12.8. The molecule has 0 radical (unpaired) electrons. The number of hydrogen-bond donors (Lipinski definition) is 2. The molecule has 0 spiro atoms. The molecule has 2 heterocycles. The SMILES string of the molecule is Cc1cccc(-c2nc3c(N)ccnc3n(CCCO)c2=O)c1. The lowest BCUT2D eigenvalue weighted by atomic mass is 10.1. The van der Waals surface area contributed by atoms with Crippen LogP contribution in [0.3, 0.4) is 0 Å². The van der Waals surface area contributed by atoms with Crippen molar-refractivity contribution in [1.82, 2.24) is 14.5 Å². The van der Waals surface area contributed by atoms with Crippen LogP contribution in [0.5, 0.6) is 0 Å². The van der Waals surface area contributed by atoms with E-state index < -0.39 is 0 Å². The molecule has 0 aliphatic carbocycles. The lowest BCUT2D eigenvalue weighted by Gasteiger charge is -2.12. The molecule has 0 fully saturated rings. The second kappa shape index (κ2) is 6.18. The average molecular weight is 310 g/mol. The fourth-order valence-electron chi connectivity index (χ4n) is 2.57. The van der Waals surface area contributed by atoms with Gasteiger partial charge in [0, 0.05) is 24.9 Å². The van der Waals surface area contributed by atoms with Gasteiger partial charge in [-0.25, -0.2) is 9.97 Å². The van der Waals surface area contributed by atoms with E-state index in [9.17, 15) is 4.79 Å². The standard InChI is InChI=1S/C17H18N4O2/c1-11-4-2-5-12(10-11)14-17(23)21(8-3-9-22)16-15(20-14)13(18)6-7-19-16/h2,4-7,10,22H,3,8-9H2,1H3,(H2,18,19). The first-order chi connectivity index (χ1) is 11.1. The van der Waals surface area contributed by atoms with Crippen LogP contribution in [0.1, 0.15) is 12.0 Å². The number of aromatic nitrogens is 3. The van der Waals surface area contributed by atoms with Gasteiger partial charge in [-0.05, 0) is 25.5 Å². The van der Waals surface area contributed by atoms with Gasteiger partial charge in [0.1, 0.15) is 11.2 Å². The number of fused-ring (bicyclic) bond motifs is 1. The van der Waals surface area contributed by atoms with Crippen molar-refractivity contribution >= 4 is 16.9 Å². The Morgan fingerprint density at radius 1 is 1.30 bits per heavy atom. The van der Waals surface area contributed by atoms with E-state index in [4.69, 9.17) is 10.8 Å². The van der Waals surface area contributed by atoms with E-state index in [2.05, 4.69) is 9.97 Å². The quantitative estimate of drug-likeness (QED) is 0.765. The Morgan fingerprint density at radius 2 is 2.13 bits per heavy atom. The molecular formula is C17H18N4O2. The first-order valence-corrected chi connectivity index (χ1v) is 7.44. The first-order valence-electron chi connectivity index (χ1n) is 7.44. The molecule has 23 heavy (non-hydrogen) atoms. The van der Waals surface area contributed by atoms with Crippen LogP contribution >= 0.6 is 0 Å². The summed E-state index contributed by atoms with van der Waals surface area (Å²) in [4.78, 5) is 21.6. The van der Waals surface area contributed by atoms with Crippen LogP contribution in [0.2, 0.25) is 0 Å². The van der Waals surface area contributed by atoms with Gasteiger partial charge in [-0.1, -0.05) is 23.8 Å². The maximum Gasteiger partial charge on any atom is 0.278 e. The van der Waals surface area contributed by atoms with Crippen LogP contribution < -0.4 is 11.3 Å². The predicted octanol–water partition coefficient (Wildman–Crippen LogP) is 1.73. The Hall–Kier alpha value is -2.73. The summed E-state index contributed by atoms with van der Waals surface area (Å²) >= 11 is 0. The minimum absolute atomic E-state index is 0.00164. The van der Waals surface area contributed by atoms with Crippen molar-refractivity contribution in [3.8, 4) is 11.3 Å². The molecule has 2 aromatic heterocycles. The molecule has 3 rings (SSSR count). The Morgan fingerprint density at radius 3 is 2.87 bits per heavy atom. The Kier molecular flexibility index (Phi) is 4.08. The number of anilines is 1. The van der Waals surface area contributed by atoms with Gasteiger partial charge in [0.25, 0.3) is 5.56 Å². The van der Waals surface area contributed by atoms with Gasteiger partial charge in [-0.3, -0.25) is 9.36 Å². The van der Waals surface area contributed by atoms with Crippen molar-refractivity contribution in [2.45, 2.75) is 19.9 Å². The Balaban J connectivity index is 2.32. The topological polar surface area (TPSA) is 94.0 Å². The third-order valence-electron chi connectivity index (χ3n) is 3.69. The number of aryl methyl sites for hydroxylation is 2. The van der Waals surface area contributed by atoms with E-state index in [0.717, 1.165) is 11.1 Å². The van der Waals surface area contributed by atoms with Crippen molar-refractivity contribution in [3.05, 3.63) is 52.4 Å². The molecule has 0 unspecified atom stereocenters. The highest BCUT2D eigenvalue weighted by Crippen LogP contribution is 2.21. The summed E-state index contributed by atoms with van der Waals surface area (Å²) in [7, 11) is 0. The number of aliphatic hydroxyl groups excluding tert-OH is 1.